The number of hydrogen-bond acceptors (Lipinski definition) is 1. The maximum atomic E-state index is 5.75. The first kappa shape index (κ1) is 10.2. The van der Waals surface area contributed by atoms with Gasteiger partial charge in [0, 0.05) is 17.3 Å². The van der Waals surface area contributed by atoms with Crippen molar-refractivity contribution in [2.75, 3.05) is 0 Å². The minimum absolute atomic E-state index is 0.286. The molecule has 0 aliphatic carbocycles. The van der Waals surface area contributed by atoms with E-state index in [2.05, 4.69) is 43.1 Å². The van der Waals surface area contributed by atoms with Crippen molar-refractivity contribution in [3.8, 4) is 0 Å². The van der Waals surface area contributed by atoms with Crippen LogP contribution in [-0.4, -0.2) is 11.0 Å². The Morgan fingerprint density at radius 2 is 2.13 bits per heavy atom. The number of nitrogens with one attached hydrogen (secondary N) is 1. The molecule has 0 spiro atoms. The van der Waals surface area contributed by atoms with E-state index in [4.69, 9.17) is 5.73 Å². The SMILES string of the molecule is Cc1cc2cc(CCC(C)N)ccc2[nH]1. The van der Waals surface area contributed by atoms with Gasteiger partial charge in [0.05, 0.1) is 0 Å². The molecule has 0 radical (unpaired) electrons. The van der Waals surface area contributed by atoms with Gasteiger partial charge in [-0.3, -0.25) is 0 Å². The third-order valence-corrected chi connectivity index (χ3v) is 2.71. The molecule has 2 rings (SSSR count). The van der Waals surface area contributed by atoms with Gasteiger partial charge in [0.2, 0.25) is 0 Å². The average Bonchev–Trinajstić information content (AvgIpc) is 2.53. The third-order valence-electron chi connectivity index (χ3n) is 2.71. The summed E-state index contributed by atoms with van der Waals surface area (Å²) in [6.45, 7) is 4.14. The Balaban J connectivity index is 2.22. The Morgan fingerprint density at radius 3 is 2.87 bits per heavy atom. The first-order chi connectivity index (χ1) is 7.15. The van der Waals surface area contributed by atoms with Crippen LogP contribution in [-0.2, 0) is 6.42 Å². The predicted molar refractivity (Wildman–Crippen MR) is 65.0 cm³/mol. The molecule has 0 aliphatic heterocycles. The zero-order valence-electron chi connectivity index (χ0n) is 9.38. The monoisotopic (exact) mass is 202 g/mol. The zero-order valence-corrected chi connectivity index (χ0v) is 9.38. The van der Waals surface area contributed by atoms with Gasteiger partial charge in [-0.25, -0.2) is 0 Å². The van der Waals surface area contributed by atoms with E-state index in [1.165, 1.54) is 22.2 Å². The van der Waals surface area contributed by atoms with Crippen molar-refractivity contribution in [3.05, 3.63) is 35.5 Å². The van der Waals surface area contributed by atoms with Gasteiger partial charge in [-0.1, -0.05) is 6.07 Å². The molecule has 0 saturated heterocycles. The highest BCUT2D eigenvalue weighted by Crippen LogP contribution is 2.17. The molecule has 1 aromatic heterocycles. The number of aromatic amines is 1. The summed E-state index contributed by atoms with van der Waals surface area (Å²) in [5.41, 5.74) is 9.56. The number of benzene rings is 1. The molecule has 1 unspecified atom stereocenters. The summed E-state index contributed by atoms with van der Waals surface area (Å²) in [6, 6.07) is 9.06. The normalized spacial score (nSPS) is 13.3. The Bertz CT molecular complexity index is 455. The van der Waals surface area contributed by atoms with Crippen LogP contribution in [0.5, 0.6) is 0 Å². The summed E-state index contributed by atoms with van der Waals surface area (Å²) in [7, 11) is 0. The van der Waals surface area contributed by atoms with Gasteiger partial charge < -0.3 is 10.7 Å². The van der Waals surface area contributed by atoms with Crippen LogP contribution in [0.25, 0.3) is 10.9 Å². The van der Waals surface area contributed by atoms with Crippen LogP contribution in [0.15, 0.2) is 24.3 Å². The van der Waals surface area contributed by atoms with E-state index in [9.17, 15) is 0 Å². The molecule has 1 aromatic carbocycles. The lowest BCUT2D eigenvalue weighted by Gasteiger charge is -2.04. The van der Waals surface area contributed by atoms with Crippen molar-refractivity contribution in [2.45, 2.75) is 32.7 Å². The van der Waals surface area contributed by atoms with Crippen LogP contribution in [0, 0.1) is 6.92 Å². The summed E-state index contributed by atoms with van der Waals surface area (Å²) in [5.74, 6) is 0. The number of rotatable bonds is 3. The molecule has 1 heterocycles. The van der Waals surface area contributed by atoms with Crippen molar-refractivity contribution in [3.63, 3.8) is 0 Å². The molecular formula is C13H18N2. The van der Waals surface area contributed by atoms with Gasteiger partial charge in [-0.05, 0) is 55.8 Å². The molecule has 1 atom stereocenters. The molecule has 15 heavy (non-hydrogen) atoms. The van der Waals surface area contributed by atoms with E-state index >= 15 is 0 Å². The van der Waals surface area contributed by atoms with Crippen LogP contribution in [0.2, 0.25) is 0 Å². The summed E-state index contributed by atoms with van der Waals surface area (Å²) >= 11 is 0. The molecule has 0 fully saturated rings. The number of H-pyrrole nitrogens is 1. The fourth-order valence-corrected chi connectivity index (χ4v) is 1.88. The van der Waals surface area contributed by atoms with Crippen molar-refractivity contribution in [1.82, 2.24) is 4.98 Å². The van der Waals surface area contributed by atoms with Gasteiger partial charge in [0.15, 0.2) is 0 Å². The van der Waals surface area contributed by atoms with Crippen molar-refractivity contribution in [1.29, 1.82) is 0 Å². The fraction of sp³-hybridized carbons (Fsp3) is 0.385. The molecule has 2 nitrogen and oxygen atoms in total. The number of aryl methyl sites for hydroxylation is 2. The second-order valence-electron chi connectivity index (χ2n) is 4.39. The van der Waals surface area contributed by atoms with E-state index < -0.39 is 0 Å². The van der Waals surface area contributed by atoms with Crippen LogP contribution < -0.4 is 5.73 Å². The molecule has 0 saturated carbocycles. The summed E-state index contributed by atoms with van der Waals surface area (Å²) in [6.07, 6.45) is 2.12. The van der Waals surface area contributed by atoms with Gasteiger partial charge in [0.25, 0.3) is 0 Å². The van der Waals surface area contributed by atoms with Gasteiger partial charge in [0.1, 0.15) is 0 Å². The minimum atomic E-state index is 0.286. The second-order valence-corrected chi connectivity index (χ2v) is 4.39. The number of hydrogen-bond donors (Lipinski definition) is 2. The maximum Gasteiger partial charge on any atom is 0.0456 e. The topological polar surface area (TPSA) is 41.8 Å². The van der Waals surface area contributed by atoms with E-state index in [0.717, 1.165) is 12.8 Å². The Morgan fingerprint density at radius 1 is 1.33 bits per heavy atom. The van der Waals surface area contributed by atoms with Gasteiger partial charge in [-0.2, -0.15) is 0 Å². The average molecular weight is 202 g/mol. The molecule has 2 heteroatoms. The Hall–Kier alpha value is -1.28. The van der Waals surface area contributed by atoms with E-state index in [-0.39, 0.29) is 6.04 Å². The van der Waals surface area contributed by atoms with Crippen LogP contribution in [0.4, 0.5) is 0 Å². The minimum Gasteiger partial charge on any atom is -0.359 e. The quantitative estimate of drug-likeness (QED) is 0.789. The number of aromatic nitrogens is 1. The van der Waals surface area contributed by atoms with Crippen molar-refractivity contribution >= 4 is 10.9 Å². The van der Waals surface area contributed by atoms with Crippen molar-refractivity contribution < 1.29 is 0 Å². The van der Waals surface area contributed by atoms with Crippen LogP contribution in [0.1, 0.15) is 24.6 Å². The molecule has 80 valence electrons. The lowest BCUT2D eigenvalue weighted by atomic mass is 10.1. The fourth-order valence-electron chi connectivity index (χ4n) is 1.88. The largest absolute Gasteiger partial charge is 0.359 e. The predicted octanol–water partition coefficient (Wildman–Crippen LogP) is 2.76. The molecular weight excluding hydrogens is 184 g/mol. The second kappa shape index (κ2) is 4.07. The summed E-state index contributed by atoms with van der Waals surface area (Å²) in [5, 5.41) is 1.30. The Labute approximate surface area is 90.5 Å². The van der Waals surface area contributed by atoms with Crippen molar-refractivity contribution in [2.24, 2.45) is 5.73 Å². The lowest BCUT2D eigenvalue weighted by Crippen LogP contribution is -2.15. The first-order valence-electron chi connectivity index (χ1n) is 5.49. The smallest absolute Gasteiger partial charge is 0.0456 e. The first-order valence-corrected chi connectivity index (χ1v) is 5.49. The Kier molecular flexibility index (Phi) is 2.78. The summed E-state index contributed by atoms with van der Waals surface area (Å²) in [4.78, 5) is 3.33. The van der Waals surface area contributed by atoms with Crippen LogP contribution in [0.3, 0.4) is 0 Å². The highest BCUT2D eigenvalue weighted by molar-refractivity contribution is 5.81. The number of fused-ring (bicyclic) bond motifs is 1. The molecule has 0 amide bonds. The van der Waals surface area contributed by atoms with Gasteiger partial charge in [-0.15, -0.1) is 0 Å². The maximum absolute atomic E-state index is 5.75. The molecule has 0 bridgehead atoms. The molecule has 0 aliphatic rings. The molecule has 2 aromatic rings. The van der Waals surface area contributed by atoms with E-state index in [1.807, 2.05) is 0 Å². The highest BCUT2D eigenvalue weighted by Gasteiger charge is 2.00. The van der Waals surface area contributed by atoms with Crippen LogP contribution >= 0.6 is 0 Å². The third kappa shape index (κ3) is 2.39. The van der Waals surface area contributed by atoms with E-state index in [0.29, 0.717) is 0 Å². The van der Waals surface area contributed by atoms with Gasteiger partial charge >= 0.3 is 0 Å². The molecule has 3 N–H and O–H groups in total. The zero-order chi connectivity index (χ0) is 10.8. The summed E-state index contributed by atoms with van der Waals surface area (Å²) < 4.78 is 0. The number of nitrogens with two attached hydrogens (primary N) is 1. The highest BCUT2D eigenvalue weighted by atomic mass is 14.7. The van der Waals surface area contributed by atoms with E-state index in [1.54, 1.807) is 0 Å². The standard InChI is InChI=1S/C13H18N2/c1-9(14)3-4-11-5-6-13-12(8-11)7-10(2)15-13/h5-9,15H,3-4,14H2,1-2H3. The lowest BCUT2D eigenvalue weighted by molar-refractivity contribution is 0.666.